The van der Waals surface area contributed by atoms with Crippen LogP contribution in [0.3, 0.4) is 0 Å². The van der Waals surface area contributed by atoms with Gasteiger partial charge in [-0.1, -0.05) is 93.9 Å². The van der Waals surface area contributed by atoms with Gasteiger partial charge < -0.3 is 10.5 Å². The second kappa shape index (κ2) is 16.0. The average molecular weight is 567 g/mol. The number of nitrogens with zero attached hydrogens (tertiary/aromatic N) is 1. The molecule has 0 saturated heterocycles. The van der Waals surface area contributed by atoms with Crippen LogP contribution in [0, 0.1) is 17.2 Å². The summed E-state index contributed by atoms with van der Waals surface area (Å²) in [4.78, 5) is 22.7. The summed E-state index contributed by atoms with van der Waals surface area (Å²) in [5, 5.41) is 9.09. The quantitative estimate of drug-likeness (QED) is 0.153. The fourth-order valence-electron chi connectivity index (χ4n) is 4.57. The number of benzene rings is 3. The maximum atomic E-state index is 11.9. The predicted molar refractivity (Wildman–Crippen MR) is 167 cm³/mol. The van der Waals surface area contributed by atoms with E-state index in [1.807, 2.05) is 42.5 Å². The van der Waals surface area contributed by atoms with Gasteiger partial charge in [0.15, 0.2) is 0 Å². The monoisotopic (exact) mass is 566 g/mol. The number of rotatable bonds is 13. The standard InChI is InChI=1S/C35H42N4O3/c1-35(2,3)31-22-19-29(20-23-31)25-42-32-10-6-5-9-30(32)21-18-26(8-4-7-11-33(40)38-39-34(37)41)12-13-27-14-16-28(24-36)17-15-27/h5-6,9-10,14-23,26H,4,7-8,11-13,25H2,1-3H3,(H,38,40)(H3,37,39,41)/b21-18+. The summed E-state index contributed by atoms with van der Waals surface area (Å²) < 4.78 is 6.24. The number of primary amides is 1. The van der Waals surface area contributed by atoms with Crippen LogP contribution in [0.15, 0.2) is 78.9 Å². The first kappa shape index (κ1) is 32.0. The second-order valence-electron chi connectivity index (χ2n) is 11.5. The second-order valence-corrected chi connectivity index (χ2v) is 11.5. The molecule has 0 radical (unpaired) electrons. The lowest BCUT2D eigenvalue weighted by Crippen LogP contribution is -2.44. The van der Waals surface area contributed by atoms with E-state index in [1.165, 1.54) is 11.1 Å². The first-order chi connectivity index (χ1) is 20.1. The molecule has 4 N–H and O–H groups in total. The maximum Gasteiger partial charge on any atom is 0.330 e. The van der Waals surface area contributed by atoms with E-state index in [0.29, 0.717) is 25.0 Å². The van der Waals surface area contributed by atoms with Gasteiger partial charge in [0.05, 0.1) is 11.6 Å². The minimum Gasteiger partial charge on any atom is -0.488 e. The van der Waals surface area contributed by atoms with Crippen molar-refractivity contribution in [2.45, 2.75) is 71.3 Å². The van der Waals surface area contributed by atoms with Crippen molar-refractivity contribution in [2.24, 2.45) is 11.7 Å². The Bertz CT molecular complexity index is 1370. The minimum atomic E-state index is -0.793. The highest BCUT2D eigenvalue weighted by Crippen LogP contribution is 2.26. The Hall–Kier alpha value is -4.57. The summed E-state index contributed by atoms with van der Waals surface area (Å²) >= 11 is 0. The summed E-state index contributed by atoms with van der Waals surface area (Å²) in [6, 6.07) is 25.7. The van der Waals surface area contributed by atoms with Crippen molar-refractivity contribution in [3.05, 3.63) is 107 Å². The zero-order chi connectivity index (χ0) is 30.4. The Labute approximate surface area is 249 Å². The molecule has 7 heteroatoms. The van der Waals surface area contributed by atoms with Crippen molar-refractivity contribution in [1.29, 1.82) is 5.26 Å². The number of hydrazine groups is 1. The van der Waals surface area contributed by atoms with E-state index in [2.05, 4.69) is 80.2 Å². The van der Waals surface area contributed by atoms with E-state index < -0.39 is 6.03 Å². The van der Waals surface area contributed by atoms with Gasteiger partial charge >= 0.3 is 6.03 Å². The number of amides is 3. The van der Waals surface area contributed by atoms with Gasteiger partial charge in [-0.3, -0.25) is 10.2 Å². The van der Waals surface area contributed by atoms with E-state index in [1.54, 1.807) is 0 Å². The summed E-state index contributed by atoms with van der Waals surface area (Å²) in [5.41, 5.74) is 14.8. The van der Waals surface area contributed by atoms with Crippen molar-refractivity contribution in [3.63, 3.8) is 0 Å². The van der Waals surface area contributed by atoms with Gasteiger partial charge in [0.1, 0.15) is 12.4 Å². The zero-order valence-electron chi connectivity index (χ0n) is 24.9. The SMILES string of the molecule is CC(C)(C)c1ccc(COc2ccccc2/C=C/C(CCCCC(=O)NNC(N)=O)CCc2ccc(C#N)cc2)cc1. The number of para-hydroxylation sites is 1. The number of nitriles is 1. The first-order valence-electron chi connectivity index (χ1n) is 14.5. The number of carbonyl (C=O) groups is 2. The number of allylic oxidation sites excluding steroid dienone is 1. The van der Waals surface area contributed by atoms with E-state index in [0.717, 1.165) is 42.6 Å². The number of nitrogens with two attached hydrogens (primary N) is 1. The molecule has 42 heavy (non-hydrogen) atoms. The van der Waals surface area contributed by atoms with E-state index >= 15 is 0 Å². The molecule has 0 bridgehead atoms. The van der Waals surface area contributed by atoms with Crippen molar-refractivity contribution >= 4 is 18.0 Å². The Morgan fingerprint density at radius 1 is 0.929 bits per heavy atom. The lowest BCUT2D eigenvalue weighted by molar-refractivity contribution is -0.121. The van der Waals surface area contributed by atoms with Gasteiger partial charge in [0, 0.05) is 12.0 Å². The molecular formula is C35H42N4O3. The molecule has 0 fully saturated rings. The molecule has 3 amide bonds. The molecule has 220 valence electrons. The van der Waals surface area contributed by atoms with Crippen LogP contribution < -0.4 is 21.3 Å². The predicted octanol–water partition coefficient (Wildman–Crippen LogP) is 6.96. The van der Waals surface area contributed by atoms with E-state index in [4.69, 9.17) is 15.7 Å². The van der Waals surface area contributed by atoms with Crippen molar-refractivity contribution < 1.29 is 14.3 Å². The van der Waals surface area contributed by atoms with Crippen LogP contribution in [0.5, 0.6) is 5.75 Å². The number of urea groups is 1. The Balaban J connectivity index is 1.64. The highest BCUT2D eigenvalue weighted by molar-refractivity contribution is 5.80. The van der Waals surface area contributed by atoms with Gasteiger partial charge in [0.25, 0.3) is 0 Å². The molecule has 1 unspecified atom stereocenters. The first-order valence-corrected chi connectivity index (χ1v) is 14.5. The minimum absolute atomic E-state index is 0.113. The summed E-state index contributed by atoms with van der Waals surface area (Å²) in [5.74, 6) is 0.848. The lowest BCUT2D eigenvalue weighted by atomic mass is 9.87. The average Bonchev–Trinajstić information content (AvgIpc) is 2.98. The Morgan fingerprint density at radius 3 is 2.29 bits per heavy atom. The third kappa shape index (κ3) is 11.1. The Morgan fingerprint density at radius 2 is 1.62 bits per heavy atom. The summed E-state index contributed by atoms with van der Waals surface area (Å²) in [7, 11) is 0. The van der Waals surface area contributed by atoms with Gasteiger partial charge in [-0.05, 0) is 71.9 Å². The fourth-order valence-corrected chi connectivity index (χ4v) is 4.57. The highest BCUT2D eigenvalue weighted by Gasteiger charge is 2.13. The number of hydrogen-bond donors (Lipinski definition) is 3. The van der Waals surface area contributed by atoms with Crippen LogP contribution in [0.1, 0.15) is 80.7 Å². The van der Waals surface area contributed by atoms with E-state index in [-0.39, 0.29) is 17.2 Å². The third-order valence-corrected chi connectivity index (χ3v) is 7.12. The van der Waals surface area contributed by atoms with Gasteiger partial charge in [-0.15, -0.1) is 0 Å². The van der Waals surface area contributed by atoms with Gasteiger partial charge in [-0.25, -0.2) is 10.2 Å². The zero-order valence-corrected chi connectivity index (χ0v) is 24.9. The molecule has 0 saturated carbocycles. The molecular weight excluding hydrogens is 524 g/mol. The Kier molecular flexibility index (Phi) is 12.2. The topological polar surface area (TPSA) is 117 Å². The molecule has 3 aromatic carbocycles. The molecule has 3 aromatic rings. The van der Waals surface area contributed by atoms with E-state index in [9.17, 15) is 9.59 Å². The number of hydrogen-bond acceptors (Lipinski definition) is 4. The normalized spacial score (nSPS) is 12.0. The van der Waals surface area contributed by atoms with Crippen molar-refractivity contribution in [1.82, 2.24) is 10.9 Å². The number of aryl methyl sites for hydroxylation is 1. The van der Waals surface area contributed by atoms with Crippen molar-refractivity contribution in [2.75, 3.05) is 0 Å². The van der Waals surface area contributed by atoms with Gasteiger partial charge in [0.2, 0.25) is 5.91 Å². The molecule has 0 aliphatic rings. The number of nitrogens with one attached hydrogen (secondary N) is 2. The fraction of sp³-hybridized carbons (Fsp3) is 0.343. The molecule has 0 aliphatic carbocycles. The molecule has 0 aromatic heterocycles. The lowest BCUT2D eigenvalue weighted by Gasteiger charge is -2.19. The molecule has 0 heterocycles. The number of ether oxygens (including phenoxy) is 1. The third-order valence-electron chi connectivity index (χ3n) is 7.12. The van der Waals surface area contributed by atoms with Crippen LogP contribution in [0.25, 0.3) is 6.08 Å². The molecule has 7 nitrogen and oxygen atoms in total. The van der Waals surface area contributed by atoms with Crippen LogP contribution in [-0.2, 0) is 23.2 Å². The number of carbonyl (C=O) groups excluding carboxylic acids is 2. The summed E-state index contributed by atoms with van der Waals surface area (Å²) in [6.07, 6.45) is 8.94. The molecule has 1 atom stereocenters. The van der Waals surface area contributed by atoms with Crippen LogP contribution in [-0.4, -0.2) is 11.9 Å². The molecule has 0 spiro atoms. The molecule has 3 rings (SSSR count). The highest BCUT2D eigenvalue weighted by atomic mass is 16.5. The molecule has 0 aliphatic heterocycles. The van der Waals surface area contributed by atoms with Crippen molar-refractivity contribution in [3.8, 4) is 11.8 Å². The van der Waals surface area contributed by atoms with Crippen LogP contribution in [0.4, 0.5) is 4.79 Å². The van der Waals surface area contributed by atoms with Crippen LogP contribution >= 0.6 is 0 Å². The number of unbranched alkanes of at least 4 members (excludes halogenated alkanes) is 1. The summed E-state index contributed by atoms with van der Waals surface area (Å²) in [6.45, 7) is 7.11. The van der Waals surface area contributed by atoms with Crippen LogP contribution in [0.2, 0.25) is 0 Å². The maximum absolute atomic E-state index is 11.9. The largest absolute Gasteiger partial charge is 0.488 e. The van der Waals surface area contributed by atoms with Gasteiger partial charge in [-0.2, -0.15) is 5.26 Å². The smallest absolute Gasteiger partial charge is 0.330 e.